The SMILES string of the molecule is CC(C)c1ccc(CN2CCC[C@](Cc3ccccc3-c3cncnc3)(C(N)=O)C2)cc1. The summed E-state index contributed by atoms with van der Waals surface area (Å²) >= 11 is 0. The first-order valence-corrected chi connectivity index (χ1v) is 11.4. The van der Waals surface area contributed by atoms with E-state index in [0.29, 0.717) is 18.9 Å². The number of carbonyl (C=O) groups is 1. The van der Waals surface area contributed by atoms with Gasteiger partial charge in [-0.25, -0.2) is 9.97 Å². The molecule has 1 amide bonds. The van der Waals surface area contributed by atoms with Crippen LogP contribution in [0.4, 0.5) is 0 Å². The molecule has 1 saturated heterocycles. The van der Waals surface area contributed by atoms with Crippen LogP contribution in [-0.2, 0) is 17.8 Å². The Morgan fingerprint density at radius 3 is 2.50 bits per heavy atom. The molecule has 32 heavy (non-hydrogen) atoms. The Kier molecular flexibility index (Phi) is 6.66. The lowest BCUT2D eigenvalue weighted by Crippen LogP contribution is -2.51. The smallest absolute Gasteiger partial charge is 0.225 e. The number of aromatic nitrogens is 2. The number of carbonyl (C=O) groups excluding carboxylic acids is 1. The molecule has 0 saturated carbocycles. The number of benzene rings is 2. The molecule has 166 valence electrons. The Morgan fingerprint density at radius 2 is 1.81 bits per heavy atom. The van der Waals surface area contributed by atoms with E-state index in [1.165, 1.54) is 17.5 Å². The summed E-state index contributed by atoms with van der Waals surface area (Å²) in [5.41, 5.74) is 11.2. The number of likely N-dealkylation sites (tertiary alicyclic amines) is 1. The summed E-state index contributed by atoms with van der Waals surface area (Å²) in [6, 6.07) is 17.0. The summed E-state index contributed by atoms with van der Waals surface area (Å²) in [5, 5.41) is 0. The van der Waals surface area contributed by atoms with E-state index >= 15 is 0 Å². The predicted octanol–water partition coefficient (Wildman–Crippen LogP) is 4.58. The summed E-state index contributed by atoms with van der Waals surface area (Å²) in [6.45, 7) is 6.91. The molecule has 2 aromatic carbocycles. The number of amides is 1. The first kappa shape index (κ1) is 22.2. The van der Waals surface area contributed by atoms with Crippen LogP contribution in [0, 0.1) is 5.41 Å². The minimum Gasteiger partial charge on any atom is -0.369 e. The molecule has 1 aliphatic rings. The predicted molar refractivity (Wildman–Crippen MR) is 128 cm³/mol. The van der Waals surface area contributed by atoms with Crippen molar-refractivity contribution in [3.05, 3.63) is 83.9 Å². The van der Waals surface area contributed by atoms with Gasteiger partial charge in [-0.15, -0.1) is 0 Å². The molecule has 5 heteroatoms. The van der Waals surface area contributed by atoms with E-state index in [2.05, 4.69) is 65.1 Å². The van der Waals surface area contributed by atoms with E-state index in [4.69, 9.17) is 5.73 Å². The summed E-state index contributed by atoms with van der Waals surface area (Å²) < 4.78 is 0. The highest BCUT2D eigenvalue weighted by Gasteiger charge is 2.41. The van der Waals surface area contributed by atoms with Crippen LogP contribution in [0.5, 0.6) is 0 Å². The molecule has 2 N–H and O–H groups in total. The highest BCUT2D eigenvalue weighted by molar-refractivity contribution is 5.82. The fourth-order valence-corrected chi connectivity index (χ4v) is 4.82. The number of nitrogens with two attached hydrogens (primary N) is 1. The van der Waals surface area contributed by atoms with Gasteiger partial charge in [-0.05, 0) is 54.0 Å². The highest BCUT2D eigenvalue weighted by Crippen LogP contribution is 2.37. The van der Waals surface area contributed by atoms with E-state index < -0.39 is 5.41 Å². The molecule has 0 unspecified atom stereocenters. The van der Waals surface area contributed by atoms with E-state index in [0.717, 1.165) is 42.6 Å². The van der Waals surface area contributed by atoms with Crippen LogP contribution < -0.4 is 5.73 Å². The number of nitrogens with zero attached hydrogens (tertiary/aromatic N) is 3. The van der Waals surface area contributed by atoms with Crippen molar-refractivity contribution in [2.75, 3.05) is 13.1 Å². The third kappa shape index (κ3) is 4.89. The molecule has 1 aliphatic heterocycles. The third-order valence-electron chi connectivity index (χ3n) is 6.65. The van der Waals surface area contributed by atoms with Gasteiger partial charge in [0.25, 0.3) is 0 Å². The van der Waals surface area contributed by atoms with Crippen molar-refractivity contribution in [1.29, 1.82) is 0 Å². The maximum Gasteiger partial charge on any atom is 0.225 e. The van der Waals surface area contributed by atoms with Crippen LogP contribution in [0.3, 0.4) is 0 Å². The van der Waals surface area contributed by atoms with Crippen molar-refractivity contribution in [3.8, 4) is 11.1 Å². The average molecular weight is 429 g/mol. The average Bonchev–Trinajstić information content (AvgIpc) is 2.80. The Balaban J connectivity index is 1.56. The molecular formula is C27H32N4O. The maximum absolute atomic E-state index is 12.8. The van der Waals surface area contributed by atoms with Gasteiger partial charge in [0.2, 0.25) is 5.91 Å². The van der Waals surface area contributed by atoms with Gasteiger partial charge in [-0.1, -0.05) is 62.4 Å². The van der Waals surface area contributed by atoms with Gasteiger partial charge in [-0.2, -0.15) is 0 Å². The number of primary amides is 1. The van der Waals surface area contributed by atoms with Gasteiger partial charge in [0.15, 0.2) is 0 Å². The number of hydrogen-bond acceptors (Lipinski definition) is 4. The number of rotatable bonds is 7. The second kappa shape index (κ2) is 9.61. The molecular weight excluding hydrogens is 396 g/mol. The molecule has 0 radical (unpaired) electrons. The van der Waals surface area contributed by atoms with Crippen LogP contribution in [0.2, 0.25) is 0 Å². The van der Waals surface area contributed by atoms with Crippen LogP contribution in [0.1, 0.15) is 49.3 Å². The van der Waals surface area contributed by atoms with E-state index in [-0.39, 0.29) is 5.91 Å². The second-order valence-corrected chi connectivity index (χ2v) is 9.32. The van der Waals surface area contributed by atoms with Crippen molar-refractivity contribution in [1.82, 2.24) is 14.9 Å². The number of piperidine rings is 1. The quantitative estimate of drug-likeness (QED) is 0.598. The topological polar surface area (TPSA) is 72.1 Å². The summed E-state index contributed by atoms with van der Waals surface area (Å²) in [7, 11) is 0. The van der Waals surface area contributed by atoms with E-state index in [9.17, 15) is 4.79 Å². The Morgan fingerprint density at radius 1 is 1.09 bits per heavy atom. The first-order valence-electron chi connectivity index (χ1n) is 11.4. The van der Waals surface area contributed by atoms with Gasteiger partial charge in [0.1, 0.15) is 6.33 Å². The molecule has 0 spiro atoms. The van der Waals surface area contributed by atoms with Crippen molar-refractivity contribution >= 4 is 5.91 Å². The Hall–Kier alpha value is -3.05. The lowest BCUT2D eigenvalue weighted by Gasteiger charge is -2.41. The number of hydrogen-bond donors (Lipinski definition) is 1. The van der Waals surface area contributed by atoms with Crippen LogP contribution in [0.15, 0.2) is 67.3 Å². The molecule has 1 atom stereocenters. The molecule has 3 aromatic rings. The summed E-state index contributed by atoms with van der Waals surface area (Å²) in [4.78, 5) is 23.5. The minimum absolute atomic E-state index is 0.212. The zero-order chi connectivity index (χ0) is 22.6. The van der Waals surface area contributed by atoms with Gasteiger partial charge in [0, 0.05) is 31.0 Å². The van der Waals surface area contributed by atoms with E-state index in [1.54, 1.807) is 0 Å². The van der Waals surface area contributed by atoms with Crippen LogP contribution in [-0.4, -0.2) is 33.9 Å². The fraction of sp³-hybridized carbons (Fsp3) is 0.370. The van der Waals surface area contributed by atoms with Crippen molar-refractivity contribution in [2.45, 2.75) is 45.6 Å². The Bertz CT molecular complexity index is 1050. The summed E-state index contributed by atoms with van der Waals surface area (Å²) in [5.74, 6) is 0.313. The molecule has 5 nitrogen and oxygen atoms in total. The minimum atomic E-state index is -0.581. The standard InChI is InChI=1S/C27H32N4O/c1-20(2)22-10-8-21(9-11-22)17-31-13-5-12-27(18-31,26(28)32)14-23-6-3-4-7-25(23)24-15-29-19-30-16-24/h3-4,6-11,15-16,19-20H,5,12-14,17-18H2,1-2H3,(H2,28,32)/t27-/m1/s1. The van der Waals surface area contributed by atoms with Gasteiger partial charge in [-0.3, -0.25) is 9.69 Å². The second-order valence-electron chi connectivity index (χ2n) is 9.32. The van der Waals surface area contributed by atoms with Crippen molar-refractivity contribution in [3.63, 3.8) is 0 Å². The molecule has 0 bridgehead atoms. The fourth-order valence-electron chi connectivity index (χ4n) is 4.82. The molecule has 2 heterocycles. The Labute approximate surface area is 190 Å². The van der Waals surface area contributed by atoms with Crippen molar-refractivity contribution < 1.29 is 4.79 Å². The van der Waals surface area contributed by atoms with Crippen LogP contribution in [0.25, 0.3) is 11.1 Å². The van der Waals surface area contributed by atoms with Gasteiger partial charge in [0.05, 0.1) is 5.41 Å². The molecule has 0 aliphatic carbocycles. The first-order chi connectivity index (χ1) is 15.5. The van der Waals surface area contributed by atoms with Gasteiger partial charge < -0.3 is 5.73 Å². The zero-order valence-electron chi connectivity index (χ0n) is 19.0. The largest absolute Gasteiger partial charge is 0.369 e. The zero-order valence-corrected chi connectivity index (χ0v) is 19.0. The van der Waals surface area contributed by atoms with Crippen molar-refractivity contribution in [2.24, 2.45) is 11.1 Å². The lowest BCUT2D eigenvalue weighted by atomic mass is 9.73. The molecule has 4 rings (SSSR count). The van der Waals surface area contributed by atoms with Crippen LogP contribution >= 0.6 is 0 Å². The maximum atomic E-state index is 12.8. The third-order valence-corrected chi connectivity index (χ3v) is 6.65. The van der Waals surface area contributed by atoms with E-state index in [1.807, 2.05) is 24.5 Å². The normalized spacial score (nSPS) is 19.2. The van der Waals surface area contributed by atoms with Gasteiger partial charge >= 0.3 is 0 Å². The molecule has 1 fully saturated rings. The highest BCUT2D eigenvalue weighted by atomic mass is 16.1. The summed E-state index contributed by atoms with van der Waals surface area (Å²) in [6.07, 6.45) is 7.56. The molecule has 1 aromatic heterocycles. The lowest BCUT2D eigenvalue weighted by molar-refractivity contribution is -0.131. The monoisotopic (exact) mass is 428 g/mol.